The van der Waals surface area contributed by atoms with Crippen LogP contribution in [-0.2, 0) is 40.0 Å². The van der Waals surface area contributed by atoms with Gasteiger partial charge in [0.1, 0.15) is 11.8 Å². The molecule has 2 fully saturated rings. The number of imide groups is 2. The van der Waals surface area contributed by atoms with Crippen LogP contribution in [0.25, 0.3) is 0 Å². The van der Waals surface area contributed by atoms with Crippen LogP contribution in [0.15, 0.2) is 72.8 Å². The summed E-state index contributed by atoms with van der Waals surface area (Å²) in [6.07, 6.45) is 5.91. The zero-order valence-electron chi connectivity index (χ0n) is 42.5. The summed E-state index contributed by atoms with van der Waals surface area (Å²) >= 11 is 0. The largest absolute Gasteiger partial charge is 0.493 e. The van der Waals surface area contributed by atoms with Crippen LogP contribution in [0.1, 0.15) is 136 Å². The van der Waals surface area contributed by atoms with Gasteiger partial charge < -0.3 is 35.1 Å². The van der Waals surface area contributed by atoms with Gasteiger partial charge in [0.25, 0.3) is 23.6 Å². The number of methoxy groups -OCH3 is 2. The number of nitrogens with zero attached hydrogens (tertiary/aromatic N) is 2. The van der Waals surface area contributed by atoms with E-state index in [1.165, 1.54) is 18.2 Å². The summed E-state index contributed by atoms with van der Waals surface area (Å²) in [5, 5.41) is 10.6. The number of Topliss-reactive ketones (excluding diaryl/α,β-unsaturated/α-hetero) is 1. The van der Waals surface area contributed by atoms with E-state index in [-0.39, 0.29) is 78.7 Å². The van der Waals surface area contributed by atoms with Crippen LogP contribution in [0.3, 0.4) is 0 Å². The SMILES string of the molecule is C=C(C[C@H](CCc1ccc(OC)c(OC)c1)c1cccc(NC(=O)CCC(=O)NCCCCNC(=O)COc2cccc3c2C(=O)N(C2CCC(=O)NC2=O)C3=O)c1)[C@@H]1CCCCN1C(=O)C(=O)C(C)(C)CC. The number of carbonyl (C=O) groups is 9. The molecule has 0 aromatic heterocycles. The summed E-state index contributed by atoms with van der Waals surface area (Å²) in [6, 6.07) is 16.4. The maximum absolute atomic E-state index is 13.7. The van der Waals surface area contributed by atoms with Crippen LogP contribution in [-0.4, -0.2) is 115 Å². The minimum atomic E-state index is -1.13. The third kappa shape index (κ3) is 14.0. The lowest BCUT2D eigenvalue weighted by atomic mass is 9.81. The Morgan fingerprint density at radius 3 is 2.25 bits per heavy atom. The van der Waals surface area contributed by atoms with Gasteiger partial charge in [-0.1, -0.05) is 57.2 Å². The highest BCUT2D eigenvalue weighted by Gasteiger charge is 2.46. The van der Waals surface area contributed by atoms with Gasteiger partial charge in [-0.2, -0.15) is 0 Å². The van der Waals surface area contributed by atoms with E-state index >= 15 is 0 Å². The number of hydrogen-bond acceptors (Lipinski definition) is 12. The summed E-state index contributed by atoms with van der Waals surface area (Å²) in [5.41, 5.74) is 2.67. The molecule has 6 rings (SSSR count). The second-order valence-corrected chi connectivity index (χ2v) is 19.4. The molecule has 8 amide bonds. The standard InChI is InChI=1S/C55H68N6O12/c1-7-55(3,4)50(66)54(70)60-29-11-8-17-40(60)34(2)30-37(21-19-35-20-23-42(71-5)44(31-35)72-6)36-14-12-15-38(32-36)58-46(63)26-25-45(62)56-27-9-10-28-57-48(65)33-73-43-18-13-16-39-49(43)53(69)61(52(39)68)41-22-24-47(64)59-51(41)67/h12-16,18,20,23,31-32,37,40-41H,2,7-11,17,19,21-22,24-30,33H2,1,3-6H3,(H,56,62)(H,57,65)(H,58,63)(H,59,64,67)/t37-,40-,41?/m0/s1. The van der Waals surface area contributed by atoms with Crippen molar-refractivity contribution < 1.29 is 57.4 Å². The minimum absolute atomic E-state index is 0.00908. The zero-order chi connectivity index (χ0) is 52.8. The fourth-order valence-electron chi connectivity index (χ4n) is 9.31. The zero-order valence-corrected chi connectivity index (χ0v) is 42.5. The maximum Gasteiger partial charge on any atom is 0.291 e. The molecule has 0 aliphatic carbocycles. The molecule has 0 spiro atoms. The monoisotopic (exact) mass is 1000 g/mol. The minimum Gasteiger partial charge on any atom is -0.493 e. The number of likely N-dealkylation sites (tertiary alicyclic amines) is 1. The van der Waals surface area contributed by atoms with Crippen molar-refractivity contribution >= 4 is 58.7 Å². The Bertz CT molecular complexity index is 2610. The average Bonchev–Trinajstić information content (AvgIpc) is 3.64. The van der Waals surface area contributed by atoms with E-state index in [2.05, 4.69) is 27.8 Å². The van der Waals surface area contributed by atoms with Gasteiger partial charge in [-0.05, 0) is 118 Å². The van der Waals surface area contributed by atoms with Crippen LogP contribution in [0.4, 0.5) is 5.69 Å². The number of fused-ring (bicyclic) bond motifs is 1. The number of ketones is 1. The van der Waals surface area contributed by atoms with E-state index < -0.39 is 53.5 Å². The van der Waals surface area contributed by atoms with E-state index in [0.717, 1.165) is 40.9 Å². The molecule has 3 heterocycles. The summed E-state index contributed by atoms with van der Waals surface area (Å²) in [7, 11) is 3.19. The molecule has 3 aromatic carbocycles. The molecule has 0 bridgehead atoms. The third-order valence-corrected chi connectivity index (χ3v) is 13.9. The summed E-state index contributed by atoms with van der Waals surface area (Å²) in [5.74, 6) is -3.38. The Labute approximate surface area is 426 Å². The molecule has 18 heteroatoms. The number of nitrogens with one attached hydrogen (secondary N) is 4. The van der Waals surface area contributed by atoms with Gasteiger partial charge in [-0.3, -0.25) is 53.4 Å². The first-order chi connectivity index (χ1) is 35.0. The molecule has 0 radical (unpaired) electrons. The second kappa shape index (κ2) is 25.3. The molecule has 73 heavy (non-hydrogen) atoms. The molecule has 3 aromatic rings. The molecule has 0 saturated carbocycles. The summed E-state index contributed by atoms with van der Waals surface area (Å²) in [6.45, 7) is 10.7. The number of piperidine rings is 2. The quantitative estimate of drug-likeness (QED) is 0.0333. The van der Waals surface area contributed by atoms with Crippen molar-refractivity contribution in [3.63, 3.8) is 0 Å². The molecule has 3 aliphatic rings. The van der Waals surface area contributed by atoms with Crippen molar-refractivity contribution in [3.05, 3.63) is 95.1 Å². The fourth-order valence-corrected chi connectivity index (χ4v) is 9.31. The normalized spacial score (nSPS) is 17.0. The Morgan fingerprint density at radius 1 is 0.822 bits per heavy atom. The number of anilines is 1. The van der Waals surface area contributed by atoms with Crippen molar-refractivity contribution in [2.24, 2.45) is 5.41 Å². The molecular weight excluding hydrogens is 937 g/mol. The fraction of sp³-hybridized carbons (Fsp3) is 0.473. The second-order valence-electron chi connectivity index (χ2n) is 19.4. The Hall–Kier alpha value is -7.37. The maximum atomic E-state index is 13.7. The molecule has 1 unspecified atom stereocenters. The predicted molar refractivity (Wildman–Crippen MR) is 271 cm³/mol. The van der Waals surface area contributed by atoms with Gasteiger partial charge in [-0.15, -0.1) is 0 Å². The molecule has 390 valence electrons. The molecule has 3 aliphatic heterocycles. The Balaban J connectivity index is 0.958. The highest BCUT2D eigenvalue weighted by Crippen LogP contribution is 2.37. The van der Waals surface area contributed by atoms with Crippen molar-refractivity contribution in [1.82, 2.24) is 25.8 Å². The first-order valence-corrected chi connectivity index (χ1v) is 25.1. The van der Waals surface area contributed by atoms with Gasteiger partial charge in [0.15, 0.2) is 18.1 Å². The molecule has 3 atom stereocenters. The number of aryl methyl sites for hydroxylation is 1. The van der Waals surface area contributed by atoms with Gasteiger partial charge in [0.2, 0.25) is 29.4 Å². The van der Waals surface area contributed by atoms with Crippen LogP contribution in [0.5, 0.6) is 17.2 Å². The Kier molecular flexibility index (Phi) is 19.1. The number of hydrogen-bond donors (Lipinski definition) is 4. The van der Waals surface area contributed by atoms with E-state index in [1.807, 2.05) is 57.2 Å². The molecule has 18 nitrogen and oxygen atoms in total. The van der Waals surface area contributed by atoms with Crippen molar-refractivity contribution in [3.8, 4) is 17.2 Å². The predicted octanol–water partition coefficient (Wildman–Crippen LogP) is 5.96. The van der Waals surface area contributed by atoms with Crippen molar-refractivity contribution in [2.75, 3.05) is 45.8 Å². The van der Waals surface area contributed by atoms with Crippen LogP contribution in [0, 0.1) is 5.41 Å². The van der Waals surface area contributed by atoms with E-state index in [4.69, 9.17) is 14.2 Å². The van der Waals surface area contributed by atoms with Crippen molar-refractivity contribution in [2.45, 2.75) is 122 Å². The molecule has 4 N–H and O–H groups in total. The number of ether oxygens (including phenoxy) is 3. The lowest BCUT2D eigenvalue weighted by Crippen LogP contribution is -2.54. The van der Waals surface area contributed by atoms with Gasteiger partial charge >= 0.3 is 0 Å². The topological polar surface area (TPSA) is 236 Å². The van der Waals surface area contributed by atoms with Gasteiger partial charge in [0.05, 0.1) is 31.4 Å². The number of rotatable bonds is 25. The first-order valence-electron chi connectivity index (χ1n) is 25.1. The van der Waals surface area contributed by atoms with Crippen LogP contribution >= 0.6 is 0 Å². The number of unbranched alkanes of at least 4 members (excludes halogenated alkanes) is 1. The smallest absolute Gasteiger partial charge is 0.291 e. The first kappa shape index (κ1) is 55.0. The van der Waals surface area contributed by atoms with E-state index in [9.17, 15) is 43.2 Å². The van der Waals surface area contributed by atoms with Gasteiger partial charge in [0, 0.05) is 50.0 Å². The van der Waals surface area contributed by atoms with E-state index in [1.54, 1.807) is 25.2 Å². The van der Waals surface area contributed by atoms with Crippen molar-refractivity contribution in [1.29, 1.82) is 0 Å². The summed E-state index contributed by atoms with van der Waals surface area (Å²) in [4.78, 5) is 118. The summed E-state index contributed by atoms with van der Waals surface area (Å²) < 4.78 is 16.6. The van der Waals surface area contributed by atoms with Gasteiger partial charge in [-0.25, -0.2) is 0 Å². The average molecular weight is 1010 g/mol. The Morgan fingerprint density at radius 2 is 1.53 bits per heavy atom. The molecule has 2 saturated heterocycles. The highest BCUT2D eigenvalue weighted by atomic mass is 16.5. The van der Waals surface area contributed by atoms with Crippen LogP contribution in [0.2, 0.25) is 0 Å². The lowest BCUT2D eigenvalue weighted by molar-refractivity contribution is -0.151. The number of carbonyl (C=O) groups excluding carboxylic acids is 9. The lowest BCUT2D eigenvalue weighted by Gasteiger charge is -2.39. The third-order valence-electron chi connectivity index (χ3n) is 13.9. The number of amides is 8. The molecular formula is C55H68N6O12. The van der Waals surface area contributed by atoms with E-state index in [0.29, 0.717) is 68.8 Å². The number of benzene rings is 3. The highest BCUT2D eigenvalue weighted by molar-refractivity contribution is 6.38. The van der Waals surface area contributed by atoms with Crippen LogP contribution < -0.4 is 35.5 Å².